The van der Waals surface area contributed by atoms with E-state index in [1.54, 1.807) is 11.0 Å². The molecule has 0 radical (unpaired) electrons. The molecule has 1 unspecified atom stereocenters. The van der Waals surface area contributed by atoms with Crippen LogP contribution < -0.4 is 0 Å². The number of carbonyl (C=O) groups is 2. The summed E-state index contributed by atoms with van der Waals surface area (Å²) >= 11 is 0. The lowest BCUT2D eigenvalue weighted by Gasteiger charge is -2.37. The monoisotopic (exact) mass is 545 g/mol. The first kappa shape index (κ1) is 32.2. The Labute approximate surface area is 233 Å². The molecule has 1 aromatic carbocycles. The van der Waals surface area contributed by atoms with E-state index in [9.17, 15) is 18.4 Å². The second-order valence-corrected chi connectivity index (χ2v) is 11.0. The SMILES string of the molecule is C=C.C=C/C(=C\C)CC1CCCN(C(=O)[C@@H]2CN(C(C)(C)C)C[C@H]2c2ccc(F)cc2F)CCN1C(=O)OC. The summed E-state index contributed by atoms with van der Waals surface area (Å²) in [4.78, 5) is 32.3. The number of nitrogens with zero attached hydrogens (tertiary/aromatic N) is 3. The first-order chi connectivity index (χ1) is 18.5. The standard InChI is InChI=1S/C29H41F2N3O3.C2H4/c1-7-20(8-2)16-22-10-9-13-32(14-15-34(22)28(36)37-6)27(35)25-19-33(29(3,4)5)18-24(25)23-12-11-21(30)17-26(23)31;1-2/h7-8,11-12,17,22,24-25H,1,9-10,13-16,18-19H2,2-6H3;1-2H2/b20-8+;/t22?,24-,25+;/m0./s1. The molecule has 2 aliphatic heterocycles. The first-order valence-electron chi connectivity index (χ1n) is 13.6. The predicted molar refractivity (Wildman–Crippen MR) is 152 cm³/mol. The fourth-order valence-corrected chi connectivity index (χ4v) is 5.53. The molecule has 2 saturated heterocycles. The number of carbonyl (C=O) groups excluding carboxylic acids is 2. The molecule has 6 nitrogen and oxygen atoms in total. The van der Waals surface area contributed by atoms with Crippen LogP contribution in [0.2, 0.25) is 0 Å². The van der Waals surface area contributed by atoms with Crippen molar-refractivity contribution in [2.75, 3.05) is 39.8 Å². The zero-order chi connectivity index (χ0) is 29.3. The first-order valence-corrected chi connectivity index (χ1v) is 13.6. The summed E-state index contributed by atoms with van der Waals surface area (Å²) in [5, 5.41) is 0. The Morgan fingerprint density at radius 2 is 1.82 bits per heavy atom. The Balaban J connectivity index is 0.00000260. The molecule has 0 bridgehead atoms. The number of hydrogen-bond acceptors (Lipinski definition) is 4. The molecule has 0 saturated carbocycles. The number of halogens is 2. The minimum Gasteiger partial charge on any atom is -0.453 e. The van der Waals surface area contributed by atoms with E-state index < -0.39 is 23.6 Å². The normalized spacial score (nSPS) is 22.8. The highest BCUT2D eigenvalue weighted by atomic mass is 19.1. The summed E-state index contributed by atoms with van der Waals surface area (Å²) in [7, 11) is 1.37. The number of methoxy groups -OCH3 is 1. The average Bonchev–Trinajstić information content (AvgIpc) is 3.35. The molecule has 1 aromatic rings. The van der Waals surface area contributed by atoms with Crippen LogP contribution in [0.25, 0.3) is 0 Å². The highest BCUT2D eigenvalue weighted by Crippen LogP contribution is 2.38. The second kappa shape index (κ2) is 14.4. The maximum Gasteiger partial charge on any atom is 0.409 e. The molecule has 2 amide bonds. The van der Waals surface area contributed by atoms with Gasteiger partial charge in [0.15, 0.2) is 0 Å². The highest BCUT2D eigenvalue weighted by molar-refractivity contribution is 5.81. The van der Waals surface area contributed by atoms with Crippen molar-refractivity contribution in [2.24, 2.45) is 5.92 Å². The minimum absolute atomic E-state index is 0.0437. The summed E-state index contributed by atoms with van der Waals surface area (Å²) in [6, 6.07) is 3.57. The van der Waals surface area contributed by atoms with E-state index in [1.807, 2.05) is 17.9 Å². The van der Waals surface area contributed by atoms with Crippen LogP contribution in [-0.4, -0.2) is 78.1 Å². The number of hydrogen-bond donors (Lipinski definition) is 0. The van der Waals surface area contributed by atoms with Crippen LogP contribution in [0.4, 0.5) is 13.6 Å². The third kappa shape index (κ3) is 8.01. The summed E-state index contributed by atoms with van der Waals surface area (Å²) < 4.78 is 33.6. The fourth-order valence-electron chi connectivity index (χ4n) is 5.53. The quantitative estimate of drug-likeness (QED) is 0.328. The van der Waals surface area contributed by atoms with Crippen molar-refractivity contribution in [3.63, 3.8) is 0 Å². The number of amides is 2. The van der Waals surface area contributed by atoms with Gasteiger partial charge in [-0.25, -0.2) is 13.6 Å². The molecule has 2 aliphatic rings. The van der Waals surface area contributed by atoms with Crippen molar-refractivity contribution in [1.29, 1.82) is 0 Å². The maximum atomic E-state index is 14.9. The van der Waals surface area contributed by atoms with Gasteiger partial charge >= 0.3 is 6.09 Å². The van der Waals surface area contributed by atoms with Crippen molar-refractivity contribution in [1.82, 2.24) is 14.7 Å². The van der Waals surface area contributed by atoms with Gasteiger partial charge < -0.3 is 14.5 Å². The summed E-state index contributed by atoms with van der Waals surface area (Å²) in [6.45, 7) is 20.3. The lowest BCUT2D eigenvalue weighted by atomic mass is 9.87. The van der Waals surface area contributed by atoms with Crippen LogP contribution in [0, 0.1) is 17.6 Å². The number of likely N-dealkylation sites (tertiary alicyclic amines) is 1. The molecule has 2 heterocycles. The van der Waals surface area contributed by atoms with Gasteiger partial charge in [-0.1, -0.05) is 30.4 Å². The van der Waals surface area contributed by atoms with Gasteiger partial charge in [0.1, 0.15) is 11.6 Å². The van der Waals surface area contributed by atoms with E-state index in [0.29, 0.717) is 44.7 Å². The zero-order valence-corrected chi connectivity index (χ0v) is 24.2. The number of ether oxygens (including phenoxy) is 1. The maximum absolute atomic E-state index is 14.9. The van der Waals surface area contributed by atoms with Crippen LogP contribution in [0.1, 0.15) is 58.4 Å². The molecule has 216 valence electrons. The molecule has 3 rings (SSSR count). The van der Waals surface area contributed by atoms with Crippen LogP contribution in [0.3, 0.4) is 0 Å². The van der Waals surface area contributed by atoms with Gasteiger partial charge in [-0.05, 0) is 58.6 Å². The Morgan fingerprint density at radius 1 is 1.13 bits per heavy atom. The lowest BCUT2D eigenvalue weighted by molar-refractivity contribution is -0.136. The topological polar surface area (TPSA) is 53.1 Å². The van der Waals surface area contributed by atoms with Crippen LogP contribution >= 0.6 is 0 Å². The van der Waals surface area contributed by atoms with E-state index in [2.05, 4.69) is 45.4 Å². The molecule has 0 aliphatic carbocycles. The van der Waals surface area contributed by atoms with Gasteiger partial charge in [0, 0.05) is 56.3 Å². The Morgan fingerprint density at radius 3 is 2.38 bits per heavy atom. The van der Waals surface area contributed by atoms with Crippen molar-refractivity contribution in [2.45, 2.75) is 64.5 Å². The van der Waals surface area contributed by atoms with Crippen molar-refractivity contribution < 1.29 is 23.1 Å². The third-order valence-electron chi connectivity index (χ3n) is 7.79. The van der Waals surface area contributed by atoms with E-state index in [1.165, 1.54) is 19.2 Å². The summed E-state index contributed by atoms with van der Waals surface area (Å²) in [5.41, 5.74) is 1.23. The van der Waals surface area contributed by atoms with Gasteiger partial charge in [0.05, 0.1) is 13.0 Å². The molecule has 2 fully saturated rings. The van der Waals surface area contributed by atoms with Crippen LogP contribution in [0.15, 0.2) is 55.7 Å². The van der Waals surface area contributed by atoms with Crippen molar-refractivity contribution in [3.8, 4) is 0 Å². The summed E-state index contributed by atoms with van der Waals surface area (Å²) in [5.74, 6) is -2.14. The number of benzene rings is 1. The summed E-state index contributed by atoms with van der Waals surface area (Å²) in [6.07, 6.45) is 5.51. The van der Waals surface area contributed by atoms with Crippen LogP contribution in [-0.2, 0) is 9.53 Å². The van der Waals surface area contributed by atoms with E-state index >= 15 is 0 Å². The fraction of sp³-hybridized carbons (Fsp3) is 0.548. The van der Waals surface area contributed by atoms with Crippen molar-refractivity contribution >= 4 is 12.0 Å². The molecule has 0 aromatic heterocycles. The highest BCUT2D eigenvalue weighted by Gasteiger charge is 2.44. The van der Waals surface area contributed by atoms with Gasteiger partial charge in [-0.3, -0.25) is 9.69 Å². The molecule has 3 atom stereocenters. The molecule has 0 N–H and O–H groups in total. The van der Waals surface area contributed by atoms with E-state index in [-0.39, 0.29) is 23.4 Å². The van der Waals surface area contributed by atoms with Gasteiger partial charge in [0.25, 0.3) is 0 Å². The Hall–Kier alpha value is -3.00. The minimum atomic E-state index is -0.631. The average molecular weight is 546 g/mol. The Kier molecular flexibility index (Phi) is 11.9. The third-order valence-corrected chi connectivity index (χ3v) is 7.79. The van der Waals surface area contributed by atoms with E-state index in [4.69, 9.17) is 4.74 Å². The smallest absolute Gasteiger partial charge is 0.409 e. The molecule has 39 heavy (non-hydrogen) atoms. The molecular formula is C31H45F2N3O3. The van der Waals surface area contributed by atoms with Gasteiger partial charge in [-0.15, -0.1) is 13.2 Å². The zero-order valence-electron chi connectivity index (χ0n) is 24.2. The number of rotatable bonds is 5. The van der Waals surface area contributed by atoms with E-state index in [0.717, 1.165) is 24.5 Å². The predicted octanol–water partition coefficient (Wildman–Crippen LogP) is 6.16. The van der Waals surface area contributed by atoms with Gasteiger partial charge in [-0.2, -0.15) is 0 Å². The largest absolute Gasteiger partial charge is 0.453 e. The molecule has 0 spiro atoms. The molecular weight excluding hydrogens is 500 g/mol. The number of allylic oxidation sites excluding steroid dienone is 2. The van der Waals surface area contributed by atoms with Crippen molar-refractivity contribution in [3.05, 3.63) is 72.9 Å². The molecule has 8 heteroatoms. The second-order valence-electron chi connectivity index (χ2n) is 11.0. The lowest BCUT2D eigenvalue weighted by Crippen LogP contribution is -2.50. The Bertz CT molecular complexity index is 1040. The van der Waals surface area contributed by atoms with Crippen LogP contribution in [0.5, 0.6) is 0 Å². The van der Waals surface area contributed by atoms with Gasteiger partial charge in [0.2, 0.25) is 5.91 Å².